The zero-order chi connectivity index (χ0) is 16.1. The molecule has 0 unspecified atom stereocenters. The van der Waals surface area contributed by atoms with Crippen molar-refractivity contribution in [3.8, 4) is 5.75 Å². The Morgan fingerprint density at radius 1 is 1.05 bits per heavy atom. The van der Waals surface area contributed by atoms with Crippen molar-refractivity contribution in [1.29, 1.82) is 0 Å². The van der Waals surface area contributed by atoms with Crippen molar-refractivity contribution in [3.63, 3.8) is 0 Å². The second kappa shape index (κ2) is 6.93. The van der Waals surface area contributed by atoms with Gasteiger partial charge in [0.1, 0.15) is 24.7 Å². The predicted molar refractivity (Wildman–Crippen MR) is 82.5 cm³/mol. The van der Waals surface area contributed by atoms with E-state index in [-0.39, 0.29) is 24.7 Å². The van der Waals surface area contributed by atoms with E-state index in [0.29, 0.717) is 5.56 Å². The maximum Gasteiger partial charge on any atom is 0.354 e. The van der Waals surface area contributed by atoms with Crippen LogP contribution in [0.1, 0.15) is 38.9 Å². The van der Waals surface area contributed by atoms with Gasteiger partial charge in [-0.3, -0.25) is 4.79 Å². The summed E-state index contributed by atoms with van der Waals surface area (Å²) in [7, 11) is 0. The summed E-state index contributed by atoms with van der Waals surface area (Å²) in [5.41, 5.74) is 2.96. The third-order valence-electron chi connectivity index (χ3n) is 3.09. The Morgan fingerprint density at radius 2 is 1.73 bits per heavy atom. The van der Waals surface area contributed by atoms with Crippen LogP contribution in [0, 0.1) is 13.8 Å². The summed E-state index contributed by atoms with van der Waals surface area (Å²) in [6.45, 7) is 5.85. The van der Waals surface area contributed by atoms with Gasteiger partial charge in [-0.2, -0.15) is 0 Å². The highest BCUT2D eigenvalue weighted by molar-refractivity contribution is 5.97. The second-order valence-corrected chi connectivity index (χ2v) is 5.17. The Hall–Kier alpha value is -2.56. The first-order valence-corrected chi connectivity index (χ1v) is 7.03. The topological polar surface area (TPSA) is 68.4 Å². The molecule has 0 amide bonds. The van der Waals surface area contributed by atoms with Crippen LogP contribution in [0.5, 0.6) is 5.75 Å². The Bertz CT molecular complexity index is 667. The molecule has 1 heterocycles. The van der Waals surface area contributed by atoms with Crippen molar-refractivity contribution in [1.82, 2.24) is 4.98 Å². The van der Waals surface area contributed by atoms with Crippen molar-refractivity contribution < 1.29 is 19.1 Å². The van der Waals surface area contributed by atoms with Crippen molar-refractivity contribution >= 4 is 11.8 Å². The molecule has 0 aliphatic carbocycles. The molecule has 0 saturated heterocycles. The van der Waals surface area contributed by atoms with Crippen LogP contribution in [-0.2, 0) is 4.74 Å². The molecule has 2 aromatic rings. The number of hydrogen-bond donors (Lipinski definition) is 1. The SMILES string of the molecule is CC(=O)c1c[nH]c(C(=O)OCCOc2cc(C)cc(C)c2)c1. The number of ketones is 1. The Labute approximate surface area is 129 Å². The van der Waals surface area contributed by atoms with Gasteiger partial charge in [-0.15, -0.1) is 0 Å². The number of H-pyrrole nitrogens is 1. The van der Waals surface area contributed by atoms with Crippen LogP contribution in [0.2, 0.25) is 0 Å². The minimum Gasteiger partial charge on any atom is -0.490 e. The molecule has 0 spiro atoms. The number of aromatic nitrogens is 1. The fourth-order valence-corrected chi connectivity index (χ4v) is 2.10. The number of hydrogen-bond acceptors (Lipinski definition) is 4. The highest BCUT2D eigenvalue weighted by atomic mass is 16.6. The normalized spacial score (nSPS) is 10.3. The summed E-state index contributed by atoms with van der Waals surface area (Å²) in [5, 5.41) is 0. The summed E-state index contributed by atoms with van der Waals surface area (Å²) >= 11 is 0. The highest BCUT2D eigenvalue weighted by Gasteiger charge is 2.11. The first-order valence-electron chi connectivity index (χ1n) is 7.03. The van der Waals surface area contributed by atoms with Gasteiger partial charge >= 0.3 is 5.97 Å². The summed E-state index contributed by atoms with van der Waals surface area (Å²) in [6.07, 6.45) is 1.49. The van der Waals surface area contributed by atoms with E-state index in [9.17, 15) is 9.59 Å². The van der Waals surface area contributed by atoms with Crippen LogP contribution in [0.4, 0.5) is 0 Å². The van der Waals surface area contributed by atoms with Gasteiger partial charge in [0.05, 0.1) is 0 Å². The van der Waals surface area contributed by atoms with E-state index in [1.165, 1.54) is 19.2 Å². The first kappa shape index (κ1) is 15.8. The number of aromatic amines is 1. The van der Waals surface area contributed by atoms with E-state index >= 15 is 0 Å². The van der Waals surface area contributed by atoms with Crippen LogP contribution < -0.4 is 4.74 Å². The van der Waals surface area contributed by atoms with Gasteiger partial charge in [-0.05, 0) is 50.1 Å². The van der Waals surface area contributed by atoms with Crippen molar-refractivity contribution in [2.24, 2.45) is 0 Å². The number of benzene rings is 1. The molecule has 0 bridgehead atoms. The number of esters is 1. The summed E-state index contributed by atoms with van der Waals surface area (Å²) in [5.74, 6) is 0.150. The number of aryl methyl sites for hydroxylation is 2. The highest BCUT2D eigenvalue weighted by Crippen LogP contribution is 2.16. The maximum atomic E-state index is 11.8. The molecule has 22 heavy (non-hydrogen) atoms. The Kier molecular flexibility index (Phi) is 4.99. The standard InChI is InChI=1S/C17H19NO4/c1-11-6-12(2)8-15(7-11)21-4-5-22-17(20)16-9-14(10-18-16)13(3)19/h6-10,18H,4-5H2,1-3H3. The zero-order valence-corrected chi connectivity index (χ0v) is 12.9. The molecule has 0 aliphatic heterocycles. The molecule has 0 aliphatic rings. The summed E-state index contributed by atoms with van der Waals surface area (Å²) < 4.78 is 10.7. The molecule has 0 radical (unpaired) electrons. The van der Waals surface area contributed by atoms with Crippen molar-refractivity contribution in [3.05, 3.63) is 52.8 Å². The number of rotatable bonds is 6. The van der Waals surface area contributed by atoms with Gasteiger partial charge in [0.25, 0.3) is 0 Å². The molecule has 0 atom stereocenters. The number of Topliss-reactive ketones (excluding diaryl/α,β-unsaturated/α-hetero) is 1. The molecule has 5 nitrogen and oxygen atoms in total. The second-order valence-electron chi connectivity index (χ2n) is 5.17. The maximum absolute atomic E-state index is 11.8. The molecule has 5 heteroatoms. The zero-order valence-electron chi connectivity index (χ0n) is 12.9. The Morgan fingerprint density at radius 3 is 2.32 bits per heavy atom. The van der Waals surface area contributed by atoms with Crippen LogP contribution in [-0.4, -0.2) is 30.0 Å². The molecule has 2 rings (SSSR count). The van der Waals surface area contributed by atoms with E-state index in [1.807, 2.05) is 26.0 Å². The van der Waals surface area contributed by atoms with E-state index < -0.39 is 5.97 Å². The van der Waals surface area contributed by atoms with Gasteiger partial charge in [-0.25, -0.2) is 4.79 Å². The van der Waals surface area contributed by atoms with Gasteiger partial charge in [0, 0.05) is 11.8 Å². The summed E-state index contributed by atoms with van der Waals surface area (Å²) in [6, 6.07) is 7.40. The molecule has 1 N–H and O–H groups in total. The monoisotopic (exact) mass is 301 g/mol. The van der Waals surface area contributed by atoms with Crippen LogP contribution in [0.3, 0.4) is 0 Å². The molecule has 1 aromatic carbocycles. The number of carbonyl (C=O) groups excluding carboxylic acids is 2. The molecule has 116 valence electrons. The summed E-state index contributed by atoms with van der Waals surface area (Å²) in [4.78, 5) is 25.7. The lowest BCUT2D eigenvalue weighted by molar-refractivity contribution is 0.0444. The molecular weight excluding hydrogens is 282 g/mol. The average Bonchev–Trinajstić information content (AvgIpc) is 2.92. The third-order valence-corrected chi connectivity index (χ3v) is 3.09. The van der Waals surface area contributed by atoms with Crippen molar-refractivity contribution in [2.75, 3.05) is 13.2 Å². The molecule has 0 saturated carbocycles. The minimum atomic E-state index is -0.503. The quantitative estimate of drug-likeness (QED) is 0.506. The van der Waals surface area contributed by atoms with Crippen LogP contribution in [0.15, 0.2) is 30.5 Å². The largest absolute Gasteiger partial charge is 0.490 e. The predicted octanol–water partition coefficient (Wildman–Crippen LogP) is 3.07. The molecular formula is C17H19NO4. The molecule has 1 aromatic heterocycles. The lowest BCUT2D eigenvalue weighted by Crippen LogP contribution is -2.12. The smallest absolute Gasteiger partial charge is 0.354 e. The van der Waals surface area contributed by atoms with Crippen molar-refractivity contribution in [2.45, 2.75) is 20.8 Å². The fourth-order valence-electron chi connectivity index (χ4n) is 2.10. The number of nitrogens with one attached hydrogen (secondary N) is 1. The van der Waals surface area contributed by atoms with Gasteiger partial charge in [0.15, 0.2) is 5.78 Å². The third kappa shape index (κ3) is 4.22. The van der Waals surface area contributed by atoms with E-state index in [4.69, 9.17) is 9.47 Å². The van der Waals surface area contributed by atoms with Gasteiger partial charge in [0.2, 0.25) is 0 Å². The van der Waals surface area contributed by atoms with Gasteiger partial charge in [-0.1, -0.05) is 6.07 Å². The number of ether oxygens (including phenoxy) is 2. The van der Waals surface area contributed by atoms with Crippen LogP contribution >= 0.6 is 0 Å². The lowest BCUT2D eigenvalue weighted by atomic mass is 10.1. The van der Waals surface area contributed by atoms with Crippen LogP contribution in [0.25, 0.3) is 0 Å². The first-order chi connectivity index (χ1) is 10.5. The van der Waals surface area contributed by atoms with E-state index in [1.54, 1.807) is 0 Å². The molecule has 0 fully saturated rings. The number of carbonyl (C=O) groups is 2. The Balaban J connectivity index is 1.80. The van der Waals surface area contributed by atoms with E-state index in [2.05, 4.69) is 11.1 Å². The van der Waals surface area contributed by atoms with Gasteiger partial charge < -0.3 is 14.5 Å². The van der Waals surface area contributed by atoms with E-state index in [0.717, 1.165) is 16.9 Å². The average molecular weight is 301 g/mol. The lowest BCUT2D eigenvalue weighted by Gasteiger charge is -2.08. The fraction of sp³-hybridized carbons (Fsp3) is 0.294. The minimum absolute atomic E-state index is 0.103.